The second-order valence-corrected chi connectivity index (χ2v) is 4.57. The molecule has 1 rings (SSSR count). The lowest BCUT2D eigenvalue weighted by atomic mass is 10.1. The summed E-state index contributed by atoms with van der Waals surface area (Å²) in [5.74, 6) is -0.505. The largest absolute Gasteiger partial charge is 0.384 e. The van der Waals surface area contributed by atoms with Gasteiger partial charge in [-0.2, -0.15) is 0 Å². The topological polar surface area (TPSA) is 55.1 Å². The van der Waals surface area contributed by atoms with E-state index in [1.165, 1.54) is 0 Å². The third-order valence-electron chi connectivity index (χ3n) is 2.02. The van der Waals surface area contributed by atoms with Gasteiger partial charge in [0.15, 0.2) is 0 Å². The van der Waals surface area contributed by atoms with Gasteiger partial charge in [-0.25, -0.2) is 0 Å². The van der Waals surface area contributed by atoms with Crippen LogP contribution in [0.4, 0.5) is 5.69 Å². The van der Waals surface area contributed by atoms with Crippen molar-refractivity contribution in [3.63, 3.8) is 0 Å². The predicted molar refractivity (Wildman–Crippen MR) is 66.0 cm³/mol. The van der Waals surface area contributed by atoms with Crippen LogP contribution in [0.25, 0.3) is 0 Å². The highest BCUT2D eigenvalue weighted by Gasteiger charge is 2.08. The average molecular weight is 292 g/mol. The van der Waals surface area contributed by atoms with Crippen molar-refractivity contribution in [3.8, 4) is 0 Å². The van der Waals surface area contributed by atoms with Crippen LogP contribution in [0.15, 0.2) is 22.7 Å². The van der Waals surface area contributed by atoms with E-state index in [2.05, 4.69) is 21.2 Å². The van der Waals surface area contributed by atoms with Gasteiger partial charge in [0.05, 0.1) is 10.9 Å². The number of nitrogens with one attached hydrogen (secondary N) is 1. The lowest BCUT2D eigenvalue weighted by molar-refractivity contribution is -0.120. The maximum Gasteiger partial charge on any atom is 0.222 e. The van der Waals surface area contributed by atoms with E-state index in [1.54, 1.807) is 13.0 Å². The highest BCUT2D eigenvalue weighted by atomic mass is 79.9. The smallest absolute Gasteiger partial charge is 0.222 e. The summed E-state index contributed by atoms with van der Waals surface area (Å²) in [6.07, 6.45) is 0. The fourth-order valence-corrected chi connectivity index (χ4v) is 1.47. The van der Waals surface area contributed by atoms with E-state index >= 15 is 0 Å². The first-order valence-corrected chi connectivity index (χ1v) is 5.66. The van der Waals surface area contributed by atoms with Crippen molar-refractivity contribution in [3.05, 3.63) is 27.7 Å². The van der Waals surface area contributed by atoms with E-state index < -0.39 is 0 Å². The number of primary amides is 1. The fourth-order valence-electron chi connectivity index (χ4n) is 0.978. The van der Waals surface area contributed by atoms with Gasteiger partial charge >= 0.3 is 0 Å². The van der Waals surface area contributed by atoms with E-state index in [9.17, 15) is 4.79 Å². The van der Waals surface area contributed by atoms with Gasteiger partial charge < -0.3 is 11.1 Å². The average Bonchev–Trinajstić information content (AvgIpc) is 2.19. The molecule has 1 amide bonds. The molecule has 1 aromatic rings. The van der Waals surface area contributed by atoms with Gasteiger partial charge in [0.1, 0.15) is 0 Å². The summed E-state index contributed by atoms with van der Waals surface area (Å²) in [5, 5.41) is 3.76. The number of carbonyl (C=O) groups excluding carboxylic acids is 1. The fraction of sp³-hybridized carbons (Fsp3) is 0.300. The molecule has 3 N–H and O–H groups in total. The predicted octanol–water partition coefficient (Wildman–Crippen LogP) is 2.64. The molecule has 0 heterocycles. The molecule has 0 bridgehead atoms. The van der Waals surface area contributed by atoms with Gasteiger partial charge in [-0.05, 0) is 34.1 Å². The Hall–Kier alpha value is -0.740. The van der Waals surface area contributed by atoms with Crippen LogP contribution in [0, 0.1) is 5.92 Å². The van der Waals surface area contributed by atoms with Crippen LogP contribution in [0.5, 0.6) is 0 Å². The quantitative estimate of drug-likeness (QED) is 0.896. The van der Waals surface area contributed by atoms with E-state index in [0.717, 1.165) is 10.2 Å². The third-order valence-corrected chi connectivity index (χ3v) is 3.23. The number of anilines is 1. The number of amides is 1. The van der Waals surface area contributed by atoms with E-state index in [1.807, 2.05) is 12.1 Å². The van der Waals surface area contributed by atoms with Crippen LogP contribution in [-0.4, -0.2) is 12.5 Å². The number of rotatable bonds is 4. The molecule has 0 aliphatic rings. The van der Waals surface area contributed by atoms with Gasteiger partial charge in [0.2, 0.25) is 5.91 Å². The first-order chi connectivity index (χ1) is 7.00. The van der Waals surface area contributed by atoms with Crippen molar-refractivity contribution in [2.24, 2.45) is 11.7 Å². The van der Waals surface area contributed by atoms with Crippen molar-refractivity contribution in [1.82, 2.24) is 0 Å². The zero-order chi connectivity index (χ0) is 11.4. The first kappa shape index (κ1) is 12.3. The summed E-state index contributed by atoms with van der Waals surface area (Å²) in [6.45, 7) is 2.30. The van der Waals surface area contributed by atoms with Crippen LogP contribution in [-0.2, 0) is 4.79 Å². The van der Waals surface area contributed by atoms with Crippen molar-refractivity contribution >= 4 is 39.1 Å². The van der Waals surface area contributed by atoms with Crippen LogP contribution in [0.3, 0.4) is 0 Å². The number of hydrogen-bond donors (Lipinski definition) is 2. The summed E-state index contributed by atoms with van der Waals surface area (Å²) >= 11 is 9.16. The van der Waals surface area contributed by atoms with Crippen molar-refractivity contribution in [2.75, 3.05) is 11.9 Å². The molecule has 1 atom stereocenters. The Bertz CT molecular complexity index is 370. The maximum absolute atomic E-state index is 10.8. The molecular weight excluding hydrogens is 279 g/mol. The summed E-state index contributed by atoms with van der Waals surface area (Å²) in [4.78, 5) is 10.8. The highest BCUT2D eigenvalue weighted by molar-refractivity contribution is 9.10. The number of benzene rings is 1. The Labute approximate surface area is 102 Å². The Morgan fingerprint density at radius 1 is 1.67 bits per heavy atom. The van der Waals surface area contributed by atoms with Gasteiger partial charge in [-0.15, -0.1) is 0 Å². The number of hydrogen-bond acceptors (Lipinski definition) is 2. The monoisotopic (exact) mass is 290 g/mol. The van der Waals surface area contributed by atoms with Crippen molar-refractivity contribution in [1.29, 1.82) is 0 Å². The normalized spacial score (nSPS) is 12.2. The Kier molecular flexibility index (Phi) is 4.42. The number of nitrogens with two attached hydrogens (primary N) is 1. The zero-order valence-corrected chi connectivity index (χ0v) is 10.6. The summed E-state index contributed by atoms with van der Waals surface area (Å²) < 4.78 is 0.820. The molecule has 5 heteroatoms. The lowest BCUT2D eigenvalue weighted by Crippen LogP contribution is -2.26. The maximum atomic E-state index is 10.8. The molecule has 1 unspecified atom stereocenters. The van der Waals surface area contributed by atoms with Crippen molar-refractivity contribution in [2.45, 2.75) is 6.92 Å². The molecule has 0 aliphatic heterocycles. The molecule has 15 heavy (non-hydrogen) atoms. The van der Waals surface area contributed by atoms with Gasteiger partial charge in [0, 0.05) is 16.7 Å². The van der Waals surface area contributed by atoms with E-state index in [4.69, 9.17) is 17.3 Å². The summed E-state index contributed by atoms with van der Waals surface area (Å²) in [7, 11) is 0. The molecule has 0 saturated carbocycles. The minimum Gasteiger partial charge on any atom is -0.384 e. The van der Waals surface area contributed by atoms with Crippen LogP contribution < -0.4 is 11.1 Å². The minimum absolute atomic E-state index is 0.195. The van der Waals surface area contributed by atoms with Crippen LogP contribution in [0.1, 0.15) is 6.92 Å². The highest BCUT2D eigenvalue weighted by Crippen LogP contribution is 2.25. The van der Waals surface area contributed by atoms with Gasteiger partial charge in [-0.3, -0.25) is 4.79 Å². The SMILES string of the molecule is CC(CNc1ccc(Cl)c(Br)c1)C(N)=O. The first-order valence-electron chi connectivity index (χ1n) is 4.49. The number of carbonyl (C=O) groups is 1. The van der Waals surface area contributed by atoms with Gasteiger partial charge in [0.25, 0.3) is 0 Å². The van der Waals surface area contributed by atoms with Crippen LogP contribution in [0.2, 0.25) is 5.02 Å². The van der Waals surface area contributed by atoms with Crippen molar-refractivity contribution < 1.29 is 4.79 Å². The van der Waals surface area contributed by atoms with E-state index in [-0.39, 0.29) is 11.8 Å². The van der Waals surface area contributed by atoms with Crippen LogP contribution >= 0.6 is 27.5 Å². The molecule has 3 nitrogen and oxygen atoms in total. The van der Waals surface area contributed by atoms with E-state index in [0.29, 0.717) is 11.6 Å². The Morgan fingerprint density at radius 2 is 2.33 bits per heavy atom. The molecule has 0 aromatic heterocycles. The molecule has 82 valence electrons. The number of halogens is 2. The van der Waals surface area contributed by atoms with Gasteiger partial charge in [-0.1, -0.05) is 18.5 Å². The molecule has 0 radical (unpaired) electrons. The Balaban J connectivity index is 2.58. The minimum atomic E-state index is -0.310. The second kappa shape index (κ2) is 5.37. The molecule has 0 saturated heterocycles. The third kappa shape index (κ3) is 3.72. The second-order valence-electron chi connectivity index (χ2n) is 3.31. The Morgan fingerprint density at radius 3 is 2.87 bits per heavy atom. The molecule has 0 aliphatic carbocycles. The summed E-state index contributed by atoms with van der Waals surface area (Å²) in [6, 6.07) is 5.49. The molecular formula is C10H12BrClN2O. The zero-order valence-electron chi connectivity index (χ0n) is 8.26. The molecule has 1 aromatic carbocycles. The summed E-state index contributed by atoms with van der Waals surface area (Å²) in [5.41, 5.74) is 6.05. The standard InChI is InChI=1S/C10H12BrClN2O/c1-6(10(13)15)5-14-7-2-3-9(12)8(11)4-7/h2-4,6,14H,5H2,1H3,(H2,13,15). The lowest BCUT2D eigenvalue weighted by Gasteiger charge is -2.10. The molecule has 0 spiro atoms. The molecule has 0 fully saturated rings.